The quantitative estimate of drug-likeness (QED) is 0.792. The predicted octanol–water partition coefficient (Wildman–Crippen LogP) is 0.955. The van der Waals surface area contributed by atoms with Gasteiger partial charge in [-0.15, -0.1) is 0 Å². The monoisotopic (exact) mass is 382 g/mol. The van der Waals surface area contributed by atoms with E-state index in [2.05, 4.69) is 72.5 Å². The lowest BCUT2D eigenvalue weighted by molar-refractivity contribution is 0.178. The number of piperazine rings is 2. The number of aromatic nitrogens is 2. The Hall–Kier alpha value is -2.42. The average Bonchev–Trinajstić information content (AvgIpc) is 2.73. The van der Waals surface area contributed by atoms with E-state index in [9.17, 15) is 0 Å². The Kier molecular flexibility index (Phi) is 5.90. The molecule has 0 radical (unpaired) electrons. The zero-order valence-corrected chi connectivity index (χ0v) is 16.6. The van der Waals surface area contributed by atoms with Crippen molar-refractivity contribution in [3.05, 3.63) is 42.2 Å². The van der Waals surface area contributed by atoms with Crippen LogP contribution in [-0.2, 0) is 6.54 Å². The van der Waals surface area contributed by atoms with Crippen LogP contribution in [0.15, 0.2) is 36.7 Å². The molecule has 150 valence electrons. The Bertz CT molecular complexity index is 752. The molecule has 0 unspecified atom stereocenters. The van der Waals surface area contributed by atoms with Crippen LogP contribution >= 0.6 is 0 Å². The molecule has 0 aliphatic carbocycles. The van der Waals surface area contributed by atoms with E-state index < -0.39 is 0 Å². The van der Waals surface area contributed by atoms with Gasteiger partial charge in [-0.2, -0.15) is 0 Å². The fourth-order valence-corrected chi connectivity index (χ4v) is 3.75. The largest absolute Gasteiger partial charge is 0.393 e. The second-order valence-electron chi connectivity index (χ2n) is 7.61. The molecular weight excluding hydrogens is 352 g/mol. The second kappa shape index (κ2) is 8.72. The number of anilines is 3. The fraction of sp³-hybridized carbons (Fsp3) is 0.500. The number of nitrogen functional groups attached to an aromatic ring is 1. The van der Waals surface area contributed by atoms with Gasteiger partial charge in [0.1, 0.15) is 12.0 Å². The predicted molar refractivity (Wildman–Crippen MR) is 113 cm³/mol. The smallest absolute Gasteiger partial charge is 0.169 e. The van der Waals surface area contributed by atoms with E-state index in [1.165, 1.54) is 5.56 Å². The number of nitrogens with two attached hydrogens (primary N) is 1. The highest BCUT2D eigenvalue weighted by Crippen LogP contribution is 2.27. The SMILES string of the molecule is CN1CCN(Nc2ncnc(N3CCN(Cc4ccccc4)CC3)c2N)CC1. The van der Waals surface area contributed by atoms with Crippen molar-refractivity contribution in [2.24, 2.45) is 0 Å². The minimum absolute atomic E-state index is 0.637. The lowest BCUT2D eigenvalue weighted by Gasteiger charge is -2.36. The highest BCUT2D eigenvalue weighted by Gasteiger charge is 2.22. The molecule has 0 atom stereocenters. The number of benzene rings is 1. The molecule has 1 aromatic carbocycles. The molecule has 0 saturated carbocycles. The molecular formula is C20H30N8. The van der Waals surface area contributed by atoms with Crippen LogP contribution in [0.2, 0.25) is 0 Å². The van der Waals surface area contributed by atoms with E-state index in [1.807, 2.05) is 0 Å². The molecule has 8 heteroatoms. The number of hydrogen-bond donors (Lipinski definition) is 2. The summed E-state index contributed by atoms with van der Waals surface area (Å²) in [6.07, 6.45) is 1.61. The first-order valence-corrected chi connectivity index (χ1v) is 10.0. The highest BCUT2D eigenvalue weighted by atomic mass is 15.5. The summed E-state index contributed by atoms with van der Waals surface area (Å²) in [6.45, 7) is 8.80. The van der Waals surface area contributed by atoms with Crippen LogP contribution in [0.4, 0.5) is 17.3 Å². The molecule has 4 rings (SSSR count). The van der Waals surface area contributed by atoms with Crippen LogP contribution in [0.5, 0.6) is 0 Å². The van der Waals surface area contributed by atoms with Crippen molar-refractivity contribution < 1.29 is 0 Å². The molecule has 0 spiro atoms. The van der Waals surface area contributed by atoms with Crippen molar-refractivity contribution in [3.8, 4) is 0 Å². The number of likely N-dealkylation sites (N-methyl/N-ethyl adjacent to an activating group) is 1. The van der Waals surface area contributed by atoms with Crippen molar-refractivity contribution in [2.45, 2.75) is 6.54 Å². The molecule has 8 nitrogen and oxygen atoms in total. The van der Waals surface area contributed by atoms with Crippen LogP contribution in [0.3, 0.4) is 0 Å². The number of nitrogens with zero attached hydrogens (tertiary/aromatic N) is 6. The van der Waals surface area contributed by atoms with E-state index in [4.69, 9.17) is 5.73 Å². The highest BCUT2D eigenvalue weighted by molar-refractivity contribution is 5.74. The van der Waals surface area contributed by atoms with E-state index >= 15 is 0 Å². The summed E-state index contributed by atoms with van der Waals surface area (Å²) in [6, 6.07) is 10.6. The number of rotatable bonds is 5. The van der Waals surface area contributed by atoms with Crippen molar-refractivity contribution in [3.63, 3.8) is 0 Å². The van der Waals surface area contributed by atoms with Gasteiger partial charge in [0.05, 0.1) is 0 Å². The minimum Gasteiger partial charge on any atom is -0.393 e. The Labute approximate surface area is 166 Å². The fourth-order valence-electron chi connectivity index (χ4n) is 3.75. The van der Waals surface area contributed by atoms with E-state index in [1.54, 1.807) is 6.33 Å². The van der Waals surface area contributed by atoms with E-state index in [0.29, 0.717) is 11.5 Å². The topological polar surface area (TPSA) is 76.8 Å². The standard InChI is InChI=1S/C20H30N8/c1-25-7-13-28(14-8-25)24-19-18(21)20(23-16-22-19)27-11-9-26(10-12-27)15-17-5-3-2-4-6-17/h2-6,16H,7-15,21H2,1H3,(H,22,23,24). The molecule has 3 N–H and O–H groups in total. The van der Waals surface area contributed by atoms with Crippen molar-refractivity contribution in [2.75, 3.05) is 75.5 Å². The summed E-state index contributed by atoms with van der Waals surface area (Å²) < 4.78 is 0. The molecule has 28 heavy (non-hydrogen) atoms. The Balaban J connectivity index is 1.36. The Morgan fingerprint density at radius 2 is 1.64 bits per heavy atom. The maximum Gasteiger partial charge on any atom is 0.169 e. The molecule has 0 bridgehead atoms. The minimum atomic E-state index is 0.637. The average molecular weight is 383 g/mol. The molecule has 3 heterocycles. The molecule has 2 saturated heterocycles. The summed E-state index contributed by atoms with van der Waals surface area (Å²) in [7, 11) is 2.14. The molecule has 1 aromatic heterocycles. The van der Waals surface area contributed by atoms with Gasteiger partial charge in [0.15, 0.2) is 11.6 Å². The van der Waals surface area contributed by atoms with Crippen LogP contribution in [0.1, 0.15) is 5.56 Å². The lowest BCUT2D eigenvalue weighted by Crippen LogP contribution is -2.47. The third-order valence-electron chi connectivity index (χ3n) is 5.55. The summed E-state index contributed by atoms with van der Waals surface area (Å²) in [5.41, 5.74) is 11.8. The van der Waals surface area contributed by atoms with Crippen LogP contribution < -0.4 is 16.1 Å². The van der Waals surface area contributed by atoms with Crippen molar-refractivity contribution in [1.82, 2.24) is 24.8 Å². The van der Waals surface area contributed by atoms with Gasteiger partial charge >= 0.3 is 0 Å². The molecule has 2 fully saturated rings. The van der Waals surface area contributed by atoms with Gasteiger partial charge in [-0.05, 0) is 12.6 Å². The summed E-state index contributed by atoms with van der Waals surface area (Å²) in [5.74, 6) is 1.55. The maximum absolute atomic E-state index is 6.44. The first-order valence-electron chi connectivity index (χ1n) is 10.0. The molecule has 2 aliphatic rings. The van der Waals surface area contributed by atoms with Gasteiger partial charge in [-0.3, -0.25) is 4.90 Å². The van der Waals surface area contributed by atoms with Gasteiger partial charge in [-0.1, -0.05) is 30.3 Å². The van der Waals surface area contributed by atoms with Crippen molar-refractivity contribution in [1.29, 1.82) is 0 Å². The zero-order chi connectivity index (χ0) is 19.3. The third kappa shape index (κ3) is 4.52. The van der Waals surface area contributed by atoms with Gasteiger partial charge in [0, 0.05) is 58.9 Å². The molecule has 0 amide bonds. The zero-order valence-electron chi connectivity index (χ0n) is 16.6. The van der Waals surface area contributed by atoms with Gasteiger partial charge in [-0.25, -0.2) is 15.0 Å². The van der Waals surface area contributed by atoms with Crippen LogP contribution in [0.25, 0.3) is 0 Å². The first kappa shape index (κ1) is 18.9. The lowest BCUT2D eigenvalue weighted by atomic mass is 10.2. The van der Waals surface area contributed by atoms with Crippen molar-refractivity contribution >= 4 is 17.3 Å². The normalized spacial score (nSPS) is 19.7. The van der Waals surface area contributed by atoms with Gasteiger partial charge < -0.3 is 21.0 Å². The maximum atomic E-state index is 6.44. The summed E-state index contributed by atoms with van der Waals surface area (Å²) in [5, 5.41) is 2.18. The molecule has 2 aromatic rings. The van der Waals surface area contributed by atoms with Crippen LogP contribution in [-0.4, -0.2) is 84.2 Å². The Morgan fingerprint density at radius 1 is 0.929 bits per heavy atom. The second-order valence-corrected chi connectivity index (χ2v) is 7.61. The third-order valence-corrected chi connectivity index (χ3v) is 5.55. The summed E-state index contributed by atoms with van der Waals surface area (Å²) in [4.78, 5) is 15.9. The van der Waals surface area contributed by atoms with Gasteiger partial charge in [0.2, 0.25) is 0 Å². The number of nitrogens with one attached hydrogen (secondary N) is 1. The number of hydrazine groups is 1. The van der Waals surface area contributed by atoms with Crippen LogP contribution in [0, 0.1) is 0 Å². The van der Waals surface area contributed by atoms with E-state index in [-0.39, 0.29) is 0 Å². The van der Waals surface area contributed by atoms with E-state index in [0.717, 1.165) is 64.7 Å². The van der Waals surface area contributed by atoms with Gasteiger partial charge in [0.25, 0.3) is 0 Å². The first-order chi connectivity index (χ1) is 13.7. The molecule has 2 aliphatic heterocycles. The number of hydrogen-bond acceptors (Lipinski definition) is 8. The Morgan fingerprint density at radius 3 is 2.36 bits per heavy atom. The summed E-state index contributed by atoms with van der Waals surface area (Å²) >= 11 is 0.